The van der Waals surface area contributed by atoms with Crippen molar-refractivity contribution in [1.82, 2.24) is 4.90 Å². The summed E-state index contributed by atoms with van der Waals surface area (Å²) in [5.74, 6) is 3.58. The number of rotatable bonds is 5. The molecule has 0 fully saturated rings. The van der Waals surface area contributed by atoms with Gasteiger partial charge in [0.1, 0.15) is 5.75 Å². The van der Waals surface area contributed by atoms with Crippen molar-refractivity contribution in [3.05, 3.63) is 52.6 Å². The van der Waals surface area contributed by atoms with Gasteiger partial charge in [-0.15, -0.1) is 0 Å². The monoisotopic (exact) mass is 365 g/mol. The van der Waals surface area contributed by atoms with Crippen molar-refractivity contribution in [3.63, 3.8) is 0 Å². The maximum atomic E-state index is 5.75. The van der Waals surface area contributed by atoms with Crippen molar-refractivity contribution in [2.75, 3.05) is 33.5 Å². The lowest BCUT2D eigenvalue weighted by Crippen LogP contribution is -2.28. The summed E-state index contributed by atoms with van der Waals surface area (Å²) < 4.78 is 16.9. The van der Waals surface area contributed by atoms with Gasteiger partial charge < -0.3 is 19.1 Å². The minimum absolute atomic E-state index is 0.363. The fourth-order valence-electron chi connectivity index (χ4n) is 4.74. The van der Waals surface area contributed by atoms with E-state index in [1.165, 1.54) is 35.1 Å². The number of nitrogens with zero attached hydrogens (tertiary/aromatic N) is 1. The average molecular weight is 365 g/mol. The molecule has 142 valence electrons. The van der Waals surface area contributed by atoms with Gasteiger partial charge in [0.05, 0.1) is 6.61 Å². The first-order valence-corrected chi connectivity index (χ1v) is 10.1. The molecule has 27 heavy (non-hydrogen) atoms. The molecule has 0 bridgehead atoms. The van der Waals surface area contributed by atoms with Crippen LogP contribution in [0.3, 0.4) is 0 Å². The van der Waals surface area contributed by atoms with Crippen molar-refractivity contribution in [3.8, 4) is 17.2 Å². The Morgan fingerprint density at radius 1 is 1.04 bits per heavy atom. The molecule has 4 nitrogen and oxygen atoms in total. The summed E-state index contributed by atoms with van der Waals surface area (Å²) in [6, 6.07) is 11.0. The average Bonchev–Trinajstić information content (AvgIpc) is 3.35. The van der Waals surface area contributed by atoms with Crippen LogP contribution in [0, 0.1) is 0 Å². The number of likely N-dealkylation sites (N-methyl/N-ethyl adjacent to an activating group) is 1. The molecule has 2 aliphatic heterocycles. The molecule has 0 spiro atoms. The Kier molecular flexibility index (Phi) is 4.44. The highest BCUT2D eigenvalue weighted by Gasteiger charge is 2.28. The molecule has 0 amide bonds. The molecule has 0 N–H and O–H groups in total. The van der Waals surface area contributed by atoms with Crippen molar-refractivity contribution >= 4 is 0 Å². The highest BCUT2D eigenvalue weighted by atomic mass is 16.7. The van der Waals surface area contributed by atoms with Crippen LogP contribution in [0.15, 0.2) is 30.3 Å². The summed E-state index contributed by atoms with van der Waals surface area (Å²) in [6.45, 7) is 3.37. The van der Waals surface area contributed by atoms with E-state index >= 15 is 0 Å². The quantitative estimate of drug-likeness (QED) is 0.803. The van der Waals surface area contributed by atoms with E-state index in [1.807, 2.05) is 0 Å². The maximum Gasteiger partial charge on any atom is 0.231 e. The fourth-order valence-corrected chi connectivity index (χ4v) is 4.74. The number of fused-ring (bicyclic) bond motifs is 4. The van der Waals surface area contributed by atoms with Crippen molar-refractivity contribution in [1.29, 1.82) is 0 Å². The number of benzene rings is 2. The molecule has 2 aromatic carbocycles. The minimum atomic E-state index is 0.363. The van der Waals surface area contributed by atoms with E-state index in [0.29, 0.717) is 12.7 Å². The van der Waals surface area contributed by atoms with E-state index in [9.17, 15) is 0 Å². The Balaban J connectivity index is 1.24. The van der Waals surface area contributed by atoms with Crippen molar-refractivity contribution < 1.29 is 14.2 Å². The number of hydrogen-bond donors (Lipinski definition) is 0. The molecule has 0 saturated carbocycles. The Bertz CT molecular complexity index is 848. The predicted octanol–water partition coefficient (Wildman–Crippen LogP) is 3.94. The van der Waals surface area contributed by atoms with E-state index in [-0.39, 0.29) is 0 Å². The van der Waals surface area contributed by atoms with Gasteiger partial charge in [-0.1, -0.05) is 18.2 Å². The zero-order valence-corrected chi connectivity index (χ0v) is 16.0. The second-order valence-corrected chi connectivity index (χ2v) is 8.01. The van der Waals surface area contributed by atoms with Gasteiger partial charge in [-0.3, -0.25) is 0 Å². The SMILES string of the molecule is CN(CCc1ccc2c(c1)CCO2)C[C@@H]1CCCc2c1ccc1c2OCO1. The highest BCUT2D eigenvalue weighted by Crippen LogP contribution is 2.44. The van der Waals surface area contributed by atoms with Crippen LogP contribution in [0.4, 0.5) is 0 Å². The third-order valence-electron chi connectivity index (χ3n) is 6.17. The van der Waals surface area contributed by atoms with E-state index in [0.717, 1.165) is 56.2 Å². The van der Waals surface area contributed by atoms with Gasteiger partial charge in [0.2, 0.25) is 6.79 Å². The molecule has 2 heterocycles. The number of hydrogen-bond acceptors (Lipinski definition) is 4. The third kappa shape index (κ3) is 3.27. The summed E-state index contributed by atoms with van der Waals surface area (Å²) in [5, 5.41) is 0. The molecular weight excluding hydrogens is 338 g/mol. The summed E-state index contributed by atoms with van der Waals surface area (Å²) >= 11 is 0. The zero-order chi connectivity index (χ0) is 18.2. The molecule has 1 atom stereocenters. The normalized spacial score (nSPS) is 19.7. The van der Waals surface area contributed by atoms with Gasteiger partial charge in [-0.05, 0) is 67.5 Å². The van der Waals surface area contributed by atoms with Crippen LogP contribution in [-0.2, 0) is 19.3 Å². The van der Waals surface area contributed by atoms with E-state index < -0.39 is 0 Å². The second-order valence-electron chi connectivity index (χ2n) is 8.01. The van der Waals surface area contributed by atoms with Crippen LogP contribution < -0.4 is 14.2 Å². The molecule has 0 radical (unpaired) electrons. The van der Waals surface area contributed by atoms with Crippen molar-refractivity contribution in [2.24, 2.45) is 0 Å². The van der Waals surface area contributed by atoms with Crippen molar-refractivity contribution in [2.45, 2.75) is 38.0 Å². The Morgan fingerprint density at radius 2 is 1.96 bits per heavy atom. The van der Waals surface area contributed by atoms with Crippen LogP contribution >= 0.6 is 0 Å². The standard InChI is InChI=1S/C23H27NO3/c1-24(11-9-16-5-7-21-17(13-16)10-12-25-21)14-18-3-2-4-20-19(18)6-8-22-23(20)27-15-26-22/h5-8,13,18H,2-4,9-12,14-15H2,1H3/t18-/m0/s1. The third-order valence-corrected chi connectivity index (χ3v) is 6.17. The first-order chi connectivity index (χ1) is 13.3. The number of ether oxygens (including phenoxy) is 3. The first-order valence-electron chi connectivity index (χ1n) is 10.1. The van der Waals surface area contributed by atoms with Gasteiger partial charge in [0.25, 0.3) is 0 Å². The van der Waals surface area contributed by atoms with Crippen LogP contribution in [0.5, 0.6) is 17.2 Å². The molecule has 0 aromatic heterocycles. The summed E-state index contributed by atoms with van der Waals surface area (Å²) in [4.78, 5) is 2.48. The molecule has 5 rings (SSSR count). The predicted molar refractivity (Wildman–Crippen MR) is 105 cm³/mol. The lowest BCUT2D eigenvalue weighted by atomic mass is 9.82. The largest absolute Gasteiger partial charge is 0.493 e. The Morgan fingerprint density at radius 3 is 2.93 bits per heavy atom. The fraction of sp³-hybridized carbons (Fsp3) is 0.478. The summed E-state index contributed by atoms with van der Waals surface area (Å²) in [7, 11) is 2.25. The Labute approximate surface area is 161 Å². The molecule has 4 heteroatoms. The van der Waals surface area contributed by atoms with E-state index in [2.05, 4.69) is 42.3 Å². The van der Waals surface area contributed by atoms with Crippen LogP contribution in [0.1, 0.15) is 41.0 Å². The lowest BCUT2D eigenvalue weighted by molar-refractivity contribution is 0.173. The summed E-state index contributed by atoms with van der Waals surface area (Å²) in [6.07, 6.45) is 5.74. The molecule has 0 unspecified atom stereocenters. The van der Waals surface area contributed by atoms with Gasteiger partial charge in [-0.2, -0.15) is 0 Å². The molecule has 2 aromatic rings. The molecule has 1 aliphatic carbocycles. The Hall–Kier alpha value is -2.20. The van der Waals surface area contributed by atoms with Gasteiger partial charge in [-0.25, -0.2) is 0 Å². The topological polar surface area (TPSA) is 30.9 Å². The smallest absolute Gasteiger partial charge is 0.231 e. The zero-order valence-electron chi connectivity index (χ0n) is 16.0. The lowest BCUT2D eigenvalue weighted by Gasteiger charge is -2.30. The molecule has 3 aliphatic rings. The molecular formula is C23H27NO3. The van der Waals surface area contributed by atoms with E-state index in [4.69, 9.17) is 14.2 Å². The molecule has 0 saturated heterocycles. The van der Waals surface area contributed by atoms with Crippen LogP contribution in [-0.4, -0.2) is 38.4 Å². The van der Waals surface area contributed by atoms with Gasteiger partial charge in [0, 0.05) is 25.1 Å². The van der Waals surface area contributed by atoms with E-state index in [1.54, 1.807) is 0 Å². The minimum Gasteiger partial charge on any atom is -0.493 e. The first kappa shape index (κ1) is 16.9. The summed E-state index contributed by atoms with van der Waals surface area (Å²) in [5.41, 5.74) is 5.63. The van der Waals surface area contributed by atoms with Gasteiger partial charge in [0.15, 0.2) is 11.5 Å². The van der Waals surface area contributed by atoms with Crippen LogP contribution in [0.2, 0.25) is 0 Å². The van der Waals surface area contributed by atoms with Crippen LogP contribution in [0.25, 0.3) is 0 Å². The van der Waals surface area contributed by atoms with Gasteiger partial charge >= 0.3 is 0 Å². The second kappa shape index (κ2) is 7.08. The maximum absolute atomic E-state index is 5.75. The highest BCUT2D eigenvalue weighted by molar-refractivity contribution is 5.54.